The van der Waals surface area contributed by atoms with Gasteiger partial charge in [-0.25, -0.2) is 9.59 Å². The number of ether oxygens (including phenoxy) is 1. The number of amides is 2. The molecule has 172 valence electrons. The van der Waals surface area contributed by atoms with Crippen molar-refractivity contribution in [1.29, 1.82) is 0 Å². The predicted octanol–water partition coefficient (Wildman–Crippen LogP) is 1.70. The van der Waals surface area contributed by atoms with Gasteiger partial charge in [-0.2, -0.15) is 0 Å². The van der Waals surface area contributed by atoms with E-state index in [1.807, 2.05) is 13.0 Å². The van der Waals surface area contributed by atoms with Crippen molar-refractivity contribution in [2.24, 2.45) is 5.92 Å². The number of carboxylic acid groups (broad SMARTS) is 1. The van der Waals surface area contributed by atoms with Crippen LogP contribution in [0.15, 0.2) is 21.3 Å². The van der Waals surface area contributed by atoms with Gasteiger partial charge in [0, 0.05) is 16.5 Å². The van der Waals surface area contributed by atoms with Gasteiger partial charge < -0.3 is 24.9 Å². The molecule has 9 heteroatoms. The molecule has 0 fully saturated rings. The van der Waals surface area contributed by atoms with Gasteiger partial charge >= 0.3 is 11.6 Å². The maximum atomic E-state index is 12.2. The maximum absolute atomic E-state index is 12.2. The first kappa shape index (κ1) is 23.3. The molecule has 0 aliphatic heterocycles. The second-order valence-corrected chi connectivity index (χ2v) is 8.10. The minimum atomic E-state index is -1.12. The van der Waals surface area contributed by atoms with Crippen LogP contribution < -0.4 is 21.0 Å². The van der Waals surface area contributed by atoms with E-state index in [4.69, 9.17) is 9.15 Å². The molecule has 0 spiro atoms. The molecule has 3 N–H and O–H groups in total. The number of carbonyl (C=O) groups excluding carboxylic acids is 2. The number of aryl methyl sites for hydroxylation is 2. The van der Waals surface area contributed by atoms with Crippen LogP contribution >= 0.6 is 0 Å². The van der Waals surface area contributed by atoms with Crippen molar-refractivity contribution in [3.8, 4) is 5.75 Å². The van der Waals surface area contributed by atoms with Crippen molar-refractivity contribution in [3.63, 3.8) is 0 Å². The average molecular weight is 444 g/mol. The van der Waals surface area contributed by atoms with Crippen molar-refractivity contribution >= 4 is 28.8 Å². The number of aliphatic carboxylic acids is 1. The van der Waals surface area contributed by atoms with E-state index in [0.717, 1.165) is 35.8 Å². The van der Waals surface area contributed by atoms with Crippen LogP contribution in [0, 0.1) is 12.8 Å². The standard InChI is InChI=1S/C23H28N2O7/c1-4-12(2)20(22(28)29)25-18(26)10-24-19(27)11-31-17-9-8-15-14-6-5-7-16(14)23(30)32-21(15)13(17)3/h8-9,12,20H,4-7,10-11H2,1-3H3,(H,24,27)(H,25,26)(H,28,29)/t12-,20+/m0/s1. The summed E-state index contributed by atoms with van der Waals surface area (Å²) in [5.74, 6) is -2.09. The van der Waals surface area contributed by atoms with Crippen molar-refractivity contribution in [2.75, 3.05) is 13.2 Å². The second kappa shape index (κ2) is 9.84. The summed E-state index contributed by atoms with van der Waals surface area (Å²) in [6.45, 7) is 4.61. The molecule has 9 nitrogen and oxygen atoms in total. The van der Waals surface area contributed by atoms with E-state index in [9.17, 15) is 24.3 Å². The highest BCUT2D eigenvalue weighted by Gasteiger charge is 2.25. The summed E-state index contributed by atoms with van der Waals surface area (Å²) in [5.41, 5.74) is 2.51. The zero-order valence-corrected chi connectivity index (χ0v) is 18.4. The Morgan fingerprint density at radius 1 is 1.19 bits per heavy atom. The molecule has 2 atom stereocenters. The minimum Gasteiger partial charge on any atom is -0.483 e. The van der Waals surface area contributed by atoms with Gasteiger partial charge in [0.25, 0.3) is 5.91 Å². The Kier molecular flexibility index (Phi) is 7.17. The number of hydrogen-bond acceptors (Lipinski definition) is 6. The van der Waals surface area contributed by atoms with Gasteiger partial charge in [-0.15, -0.1) is 0 Å². The molecule has 2 amide bonds. The fourth-order valence-corrected chi connectivity index (χ4v) is 3.90. The summed E-state index contributed by atoms with van der Waals surface area (Å²) in [5, 5.41) is 14.9. The molecule has 0 radical (unpaired) electrons. The zero-order chi connectivity index (χ0) is 23.4. The quantitative estimate of drug-likeness (QED) is 0.501. The van der Waals surface area contributed by atoms with E-state index >= 15 is 0 Å². The molecule has 1 aromatic carbocycles. The molecule has 2 aromatic rings. The minimum absolute atomic E-state index is 0.243. The van der Waals surface area contributed by atoms with Gasteiger partial charge in [-0.3, -0.25) is 9.59 Å². The SMILES string of the molecule is CC[C@H](C)[C@@H](NC(=O)CNC(=O)COc1ccc2c3c(c(=O)oc2c1C)CCC3)C(=O)O. The van der Waals surface area contributed by atoms with Crippen molar-refractivity contribution in [2.45, 2.75) is 52.5 Å². The van der Waals surface area contributed by atoms with Crippen LogP contribution in [0.2, 0.25) is 0 Å². The lowest BCUT2D eigenvalue weighted by Crippen LogP contribution is -2.48. The molecule has 32 heavy (non-hydrogen) atoms. The van der Waals surface area contributed by atoms with E-state index in [0.29, 0.717) is 23.3 Å². The van der Waals surface area contributed by atoms with Crippen LogP contribution in [0.1, 0.15) is 43.4 Å². The lowest BCUT2D eigenvalue weighted by molar-refractivity contribution is -0.143. The molecule has 1 aliphatic carbocycles. The van der Waals surface area contributed by atoms with E-state index in [2.05, 4.69) is 10.6 Å². The van der Waals surface area contributed by atoms with Crippen molar-refractivity contribution in [3.05, 3.63) is 39.2 Å². The Balaban J connectivity index is 1.59. The molecule has 3 rings (SSSR count). The molecule has 0 unspecified atom stereocenters. The van der Waals surface area contributed by atoms with Crippen LogP contribution in [0.25, 0.3) is 11.0 Å². The van der Waals surface area contributed by atoms with Gasteiger partial charge in [-0.05, 0) is 49.8 Å². The highest BCUT2D eigenvalue weighted by atomic mass is 16.5. The van der Waals surface area contributed by atoms with E-state index < -0.39 is 23.8 Å². The third-order valence-corrected chi connectivity index (χ3v) is 5.94. The Labute approximate surface area is 185 Å². The molecule has 0 saturated carbocycles. The van der Waals surface area contributed by atoms with Gasteiger partial charge in [0.05, 0.1) is 6.54 Å². The van der Waals surface area contributed by atoms with Gasteiger partial charge in [0.15, 0.2) is 6.61 Å². The maximum Gasteiger partial charge on any atom is 0.339 e. The van der Waals surface area contributed by atoms with E-state index in [1.54, 1.807) is 19.9 Å². The number of nitrogens with one attached hydrogen (secondary N) is 2. The molecule has 0 bridgehead atoms. The fraction of sp³-hybridized carbons (Fsp3) is 0.478. The number of benzene rings is 1. The first-order valence-electron chi connectivity index (χ1n) is 10.7. The van der Waals surface area contributed by atoms with Gasteiger partial charge in [0.1, 0.15) is 17.4 Å². The first-order valence-corrected chi connectivity index (χ1v) is 10.7. The smallest absolute Gasteiger partial charge is 0.339 e. The molecule has 1 heterocycles. The van der Waals surface area contributed by atoms with E-state index in [1.165, 1.54) is 0 Å². The van der Waals surface area contributed by atoms with Gasteiger partial charge in [0.2, 0.25) is 5.91 Å². The summed E-state index contributed by atoms with van der Waals surface area (Å²) in [6.07, 6.45) is 3.07. The third kappa shape index (κ3) is 4.92. The highest BCUT2D eigenvalue weighted by Crippen LogP contribution is 2.32. The number of carbonyl (C=O) groups is 3. The normalized spacial score (nSPS) is 14.5. The van der Waals surface area contributed by atoms with Crippen LogP contribution in [-0.2, 0) is 27.2 Å². The Morgan fingerprint density at radius 2 is 1.91 bits per heavy atom. The number of fused-ring (bicyclic) bond motifs is 3. The number of rotatable bonds is 9. The summed E-state index contributed by atoms with van der Waals surface area (Å²) in [7, 11) is 0. The van der Waals surface area contributed by atoms with Crippen molar-refractivity contribution in [1.82, 2.24) is 10.6 Å². The van der Waals surface area contributed by atoms with Crippen LogP contribution in [0.5, 0.6) is 5.75 Å². The lowest BCUT2D eigenvalue weighted by atomic mass is 9.99. The number of carboxylic acids is 1. The molecular weight excluding hydrogens is 416 g/mol. The summed E-state index contributed by atoms with van der Waals surface area (Å²) in [4.78, 5) is 47.6. The third-order valence-electron chi connectivity index (χ3n) is 5.94. The largest absolute Gasteiger partial charge is 0.483 e. The van der Waals surface area contributed by atoms with Gasteiger partial charge in [-0.1, -0.05) is 20.3 Å². The predicted molar refractivity (Wildman–Crippen MR) is 117 cm³/mol. The lowest BCUT2D eigenvalue weighted by Gasteiger charge is -2.20. The topological polar surface area (TPSA) is 135 Å². The highest BCUT2D eigenvalue weighted by molar-refractivity contribution is 5.89. The van der Waals surface area contributed by atoms with Crippen LogP contribution in [-0.4, -0.2) is 42.1 Å². The molecule has 1 aliphatic rings. The monoisotopic (exact) mass is 444 g/mol. The van der Waals surface area contributed by atoms with E-state index in [-0.39, 0.29) is 24.7 Å². The Hall–Kier alpha value is -3.36. The molecule has 0 saturated heterocycles. The number of hydrogen-bond donors (Lipinski definition) is 3. The van der Waals surface area contributed by atoms with Crippen LogP contribution in [0.4, 0.5) is 0 Å². The average Bonchev–Trinajstić information content (AvgIpc) is 3.26. The Morgan fingerprint density at radius 3 is 2.59 bits per heavy atom. The van der Waals surface area contributed by atoms with Crippen molar-refractivity contribution < 1.29 is 28.6 Å². The second-order valence-electron chi connectivity index (χ2n) is 8.10. The summed E-state index contributed by atoms with van der Waals surface area (Å²) < 4.78 is 11.1. The fourth-order valence-electron chi connectivity index (χ4n) is 3.90. The summed E-state index contributed by atoms with van der Waals surface area (Å²) >= 11 is 0. The summed E-state index contributed by atoms with van der Waals surface area (Å²) in [6, 6.07) is 2.55. The molecular formula is C23H28N2O7. The first-order chi connectivity index (χ1) is 15.2. The van der Waals surface area contributed by atoms with Crippen LogP contribution in [0.3, 0.4) is 0 Å². The zero-order valence-electron chi connectivity index (χ0n) is 18.4. The Bertz CT molecular complexity index is 1110. The molecule has 1 aromatic heterocycles.